The molecule has 6 heteroatoms. The summed E-state index contributed by atoms with van der Waals surface area (Å²) in [5.74, 6) is -0.139. The molecule has 0 saturated carbocycles. The molecule has 0 aliphatic rings. The van der Waals surface area contributed by atoms with Gasteiger partial charge in [-0.15, -0.1) is 0 Å². The zero-order valence-electron chi connectivity index (χ0n) is 19.7. The fraction of sp³-hybridized carbons (Fsp3) is 0.133. The maximum absolute atomic E-state index is 13.1. The Morgan fingerprint density at radius 2 is 1.44 bits per heavy atom. The van der Waals surface area contributed by atoms with Crippen LogP contribution in [-0.4, -0.2) is 20.7 Å². The Morgan fingerprint density at radius 1 is 0.806 bits per heavy atom. The van der Waals surface area contributed by atoms with Crippen LogP contribution < -0.4 is 10.9 Å². The van der Waals surface area contributed by atoms with Crippen LogP contribution in [0.2, 0.25) is 0 Å². The molecule has 1 amide bonds. The highest BCUT2D eigenvalue weighted by Crippen LogP contribution is 2.27. The van der Waals surface area contributed by atoms with Gasteiger partial charge in [0.05, 0.1) is 24.2 Å². The lowest BCUT2D eigenvalue weighted by molar-refractivity contribution is -0.121. The second-order valence-electron chi connectivity index (χ2n) is 8.67. The maximum atomic E-state index is 13.1. The Labute approximate surface area is 209 Å². The highest BCUT2D eigenvalue weighted by molar-refractivity contribution is 5.84. The average molecular weight is 475 g/mol. The summed E-state index contributed by atoms with van der Waals surface area (Å²) < 4.78 is 1.44. The van der Waals surface area contributed by atoms with Crippen molar-refractivity contribution in [1.29, 1.82) is 0 Å². The first-order valence-electron chi connectivity index (χ1n) is 11.9. The summed E-state index contributed by atoms with van der Waals surface area (Å²) in [7, 11) is 0. The number of rotatable bonds is 8. The molecule has 0 spiro atoms. The van der Waals surface area contributed by atoms with Crippen molar-refractivity contribution in [3.05, 3.63) is 142 Å². The minimum atomic E-state index is -0.169. The van der Waals surface area contributed by atoms with E-state index in [1.807, 2.05) is 91.0 Å². The van der Waals surface area contributed by atoms with Crippen LogP contribution in [0.4, 0.5) is 0 Å². The van der Waals surface area contributed by atoms with Gasteiger partial charge in [0.15, 0.2) is 0 Å². The summed E-state index contributed by atoms with van der Waals surface area (Å²) in [6.45, 7) is 0.533. The molecule has 0 aliphatic heterocycles. The van der Waals surface area contributed by atoms with E-state index in [0.29, 0.717) is 24.0 Å². The van der Waals surface area contributed by atoms with Crippen LogP contribution >= 0.6 is 0 Å². The molecule has 5 rings (SSSR count). The summed E-state index contributed by atoms with van der Waals surface area (Å²) in [6, 6.07) is 31.2. The van der Waals surface area contributed by atoms with Crippen molar-refractivity contribution >= 4 is 16.7 Å². The number of nitrogens with one attached hydrogen (secondary N) is 1. The second-order valence-corrected chi connectivity index (χ2v) is 8.67. The lowest BCUT2D eigenvalue weighted by atomic mass is 9.88. The van der Waals surface area contributed by atoms with Crippen LogP contribution in [0.1, 0.15) is 34.7 Å². The van der Waals surface area contributed by atoms with E-state index in [2.05, 4.69) is 15.4 Å². The van der Waals surface area contributed by atoms with Gasteiger partial charge in [-0.3, -0.25) is 14.6 Å². The molecule has 2 heterocycles. The average Bonchev–Trinajstić information content (AvgIpc) is 2.94. The van der Waals surface area contributed by atoms with Crippen LogP contribution in [0.5, 0.6) is 0 Å². The van der Waals surface area contributed by atoms with Gasteiger partial charge >= 0.3 is 0 Å². The molecule has 178 valence electrons. The van der Waals surface area contributed by atoms with E-state index < -0.39 is 0 Å². The largest absolute Gasteiger partial charge is 0.350 e. The lowest BCUT2D eigenvalue weighted by Gasteiger charge is -2.18. The van der Waals surface area contributed by atoms with Gasteiger partial charge < -0.3 is 5.32 Å². The first-order valence-corrected chi connectivity index (χ1v) is 11.9. The molecule has 0 fully saturated rings. The zero-order valence-corrected chi connectivity index (χ0v) is 19.7. The van der Waals surface area contributed by atoms with Gasteiger partial charge in [-0.2, -0.15) is 5.10 Å². The van der Waals surface area contributed by atoms with E-state index in [4.69, 9.17) is 0 Å². The SMILES string of the molecule is O=C(CC(c1ccccc1)c1ccccc1)NCc1nn(Cc2cccnc2)c(=O)c2ccccc12. The first kappa shape index (κ1) is 23.2. The molecule has 0 bridgehead atoms. The van der Waals surface area contributed by atoms with E-state index in [0.717, 1.165) is 22.1 Å². The molecule has 3 aromatic carbocycles. The number of hydrogen-bond acceptors (Lipinski definition) is 4. The van der Waals surface area contributed by atoms with E-state index in [-0.39, 0.29) is 23.9 Å². The fourth-order valence-electron chi connectivity index (χ4n) is 4.45. The number of carbonyl (C=O) groups is 1. The third-order valence-electron chi connectivity index (χ3n) is 6.25. The van der Waals surface area contributed by atoms with E-state index >= 15 is 0 Å². The van der Waals surface area contributed by atoms with Gasteiger partial charge in [0.25, 0.3) is 5.56 Å². The summed E-state index contributed by atoms with van der Waals surface area (Å²) >= 11 is 0. The Balaban J connectivity index is 1.39. The zero-order chi connectivity index (χ0) is 24.7. The molecule has 1 N–H and O–H groups in total. The van der Waals surface area contributed by atoms with Gasteiger partial charge in [-0.25, -0.2) is 4.68 Å². The monoisotopic (exact) mass is 474 g/mol. The quantitative estimate of drug-likeness (QED) is 0.354. The molecule has 0 aliphatic carbocycles. The lowest BCUT2D eigenvalue weighted by Crippen LogP contribution is -2.29. The van der Waals surface area contributed by atoms with E-state index in [1.54, 1.807) is 18.5 Å². The van der Waals surface area contributed by atoms with Crippen LogP contribution in [0.25, 0.3) is 10.8 Å². The molecular weight excluding hydrogens is 448 g/mol. The Bertz CT molecular complexity index is 1480. The van der Waals surface area contributed by atoms with Crippen LogP contribution in [0, 0.1) is 0 Å². The number of pyridine rings is 1. The maximum Gasteiger partial charge on any atom is 0.274 e. The van der Waals surface area contributed by atoms with Crippen molar-refractivity contribution in [3.8, 4) is 0 Å². The molecule has 2 aromatic heterocycles. The Hall–Kier alpha value is -4.58. The van der Waals surface area contributed by atoms with Crippen molar-refractivity contribution in [3.63, 3.8) is 0 Å². The molecule has 0 unspecified atom stereocenters. The minimum Gasteiger partial charge on any atom is -0.350 e. The number of aromatic nitrogens is 3. The first-order chi connectivity index (χ1) is 17.7. The number of carbonyl (C=O) groups excluding carboxylic acids is 1. The van der Waals surface area contributed by atoms with E-state index in [9.17, 15) is 9.59 Å². The van der Waals surface area contributed by atoms with Crippen molar-refractivity contribution in [2.24, 2.45) is 0 Å². The fourth-order valence-corrected chi connectivity index (χ4v) is 4.45. The summed E-state index contributed by atoms with van der Waals surface area (Å²) in [6.07, 6.45) is 3.72. The topological polar surface area (TPSA) is 76.9 Å². The van der Waals surface area contributed by atoms with Gasteiger partial charge in [-0.1, -0.05) is 84.9 Å². The smallest absolute Gasteiger partial charge is 0.274 e. The molecule has 5 aromatic rings. The summed E-state index contributed by atoms with van der Waals surface area (Å²) in [5, 5.41) is 8.99. The molecule has 0 radical (unpaired) electrons. The number of hydrogen-bond donors (Lipinski definition) is 1. The van der Waals surface area contributed by atoms with Gasteiger partial charge in [0, 0.05) is 30.1 Å². The van der Waals surface area contributed by atoms with Gasteiger partial charge in [0.1, 0.15) is 0 Å². The van der Waals surface area contributed by atoms with Crippen molar-refractivity contribution in [2.45, 2.75) is 25.4 Å². The number of amides is 1. The van der Waals surface area contributed by atoms with Crippen molar-refractivity contribution in [2.75, 3.05) is 0 Å². The Kier molecular flexibility index (Phi) is 6.94. The van der Waals surface area contributed by atoms with Gasteiger partial charge in [-0.05, 0) is 28.8 Å². The number of nitrogens with zero attached hydrogens (tertiary/aromatic N) is 3. The van der Waals surface area contributed by atoms with Crippen LogP contribution in [0.3, 0.4) is 0 Å². The normalized spacial score (nSPS) is 11.0. The second kappa shape index (κ2) is 10.8. The highest BCUT2D eigenvalue weighted by Gasteiger charge is 2.19. The molecule has 36 heavy (non-hydrogen) atoms. The van der Waals surface area contributed by atoms with Gasteiger partial charge in [0.2, 0.25) is 5.91 Å². The summed E-state index contributed by atoms with van der Waals surface area (Å²) in [5.41, 5.74) is 3.54. The van der Waals surface area contributed by atoms with Crippen molar-refractivity contribution in [1.82, 2.24) is 20.1 Å². The summed E-state index contributed by atoms with van der Waals surface area (Å²) in [4.78, 5) is 30.3. The third kappa shape index (κ3) is 5.23. The predicted octanol–water partition coefficient (Wildman–Crippen LogP) is 4.68. The third-order valence-corrected chi connectivity index (χ3v) is 6.25. The molecule has 0 atom stereocenters. The molecule has 0 saturated heterocycles. The van der Waals surface area contributed by atoms with Crippen molar-refractivity contribution < 1.29 is 4.79 Å². The number of benzene rings is 3. The Morgan fingerprint density at radius 3 is 2.08 bits per heavy atom. The standard InChI is InChI=1S/C30H26N4O2/c35-29(18-27(23-11-3-1-4-12-23)24-13-5-2-6-14-24)32-20-28-25-15-7-8-16-26(25)30(36)34(33-28)21-22-10-9-17-31-19-22/h1-17,19,27H,18,20-21H2,(H,32,35). The van der Waals surface area contributed by atoms with E-state index in [1.165, 1.54) is 4.68 Å². The van der Waals surface area contributed by atoms with Crippen LogP contribution in [-0.2, 0) is 17.9 Å². The number of fused-ring (bicyclic) bond motifs is 1. The molecular formula is C30H26N4O2. The predicted molar refractivity (Wildman–Crippen MR) is 141 cm³/mol. The molecule has 6 nitrogen and oxygen atoms in total. The minimum absolute atomic E-state index is 0.0587. The highest BCUT2D eigenvalue weighted by atomic mass is 16.1. The van der Waals surface area contributed by atoms with Crippen LogP contribution in [0.15, 0.2) is 114 Å².